The summed E-state index contributed by atoms with van der Waals surface area (Å²) in [7, 11) is 0. The second-order valence-corrected chi connectivity index (χ2v) is 3.99. The van der Waals surface area contributed by atoms with Gasteiger partial charge < -0.3 is 10.6 Å². The number of carbonyl (C=O) groups excluding carboxylic acids is 2. The van der Waals surface area contributed by atoms with Gasteiger partial charge in [-0.25, -0.2) is 9.97 Å². The highest BCUT2D eigenvalue weighted by atomic mass is 32.2. The van der Waals surface area contributed by atoms with E-state index in [0.29, 0.717) is 11.7 Å². The highest BCUT2D eigenvalue weighted by Gasteiger charge is 2.06. The first-order valence-electron chi connectivity index (χ1n) is 5.15. The molecule has 0 spiro atoms. The summed E-state index contributed by atoms with van der Waals surface area (Å²) in [5, 5.41) is 5.64. The zero-order valence-corrected chi connectivity index (χ0v) is 10.3. The second-order valence-electron chi connectivity index (χ2n) is 3.05. The molecule has 1 rings (SSSR count). The number of hydrogen-bond donors (Lipinski definition) is 2. The van der Waals surface area contributed by atoms with Crippen molar-refractivity contribution in [3.05, 3.63) is 18.5 Å². The van der Waals surface area contributed by atoms with Crippen molar-refractivity contribution in [1.29, 1.82) is 0 Å². The van der Waals surface area contributed by atoms with Crippen molar-refractivity contribution < 1.29 is 9.59 Å². The maximum Gasteiger partial charge on any atom is 0.239 e. The Morgan fingerprint density at radius 1 is 1.24 bits per heavy atom. The van der Waals surface area contributed by atoms with E-state index in [1.54, 1.807) is 18.5 Å². The van der Waals surface area contributed by atoms with Crippen molar-refractivity contribution in [2.24, 2.45) is 0 Å². The quantitative estimate of drug-likeness (QED) is 0.543. The third kappa shape index (κ3) is 5.86. The van der Waals surface area contributed by atoms with E-state index in [4.69, 9.17) is 0 Å². The second kappa shape index (κ2) is 7.61. The molecule has 0 fully saturated rings. The van der Waals surface area contributed by atoms with Gasteiger partial charge in [-0.2, -0.15) is 0 Å². The van der Waals surface area contributed by atoms with Crippen molar-refractivity contribution in [3.63, 3.8) is 0 Å². The number of aromatic nitrogens is 2. The molecule has 0 radical (unpaired) electrons. The van der Waals surface area contributed by atoms with Gasteiger partial charge in [-0.05, 0) is 13.0 Å². The zero-order chi connectivity index (χ0) is 12.5. The fraction of sp³-hybridized carbons (Fsp3) is 0.400. The van der Waals surface area contributed by atoms with Crippen LogP contribution in [-0.2, 0) is 9.59 Å². The van der Waals surface area contributed by atoms with Gasteiger partial charge in [0.1, 0.15) is 0 Å². The van der Waals surface area contributed by atoms with Gasteiger partial charge in [-0.3, -0.25) is 9.59 Å². The molecule has 1 aromatic heterocycles. The summed E-state index contributed by atoms with van der Waals surface area (Å²) in [6.07, 6.45) is 3.23. The maximum atomic E-state index is 11.4. The van der Waals surface area contributed by atoms with E-state index in [1.807, 2.05) is 6.92 Å². The Balaban J connectivity index is 2.20. The number of rotatable bonds is 6. The Morgan fingerprint density at radius 3 is 2.59 bits per heavy atom. The zero-order valence-electron chi connectivity index (χ0n) is 9.47. The highest BCUT2D eigenvalue weighted by molar-refractivity contribution is 7.99. The standard InChI is InChI=1S/C10H14N4O2S/c1-2-11-8(15)6-14-9(16)7-17-10-12-4-3-5-13-10/h3-5H,2,6-7H2,1H3,(H,11,15)(H,14,16). The van der Waals surface area contributed by atoms with Gasteiger partial charge in [-0.15, -0.1) is 0 Å². The molecule has 0 atom stereocenters. The van der Waals surface area contributed by atoms with Crippen LogP contribution in [0.15, 0.2) is 23.6 Å². The highest BCUT2D eigenvalue weighted by Crippen LogP contribution is 2.09. The van der Waals surface area contributed by atoms with E-state index in [1.165, 1.54) is 11.8 Å². The van der Waals surface area contributed by atoms with Gasteiger partial charge in [0.25, 0.3) is 0 Å². The average Bonchev–Trinajstić information content (AvgIpc) is 2.35. The van der Waals surface area contributed by atoms with Crippen LogP contribution in [0.4, 0.5) is 0 Å². The first-order chi connectivity index (χ1) is 8.22. The normalized spacial score (nSPS) is 9.71. The van der Waals surface area contributed by atoms with E-state index in [9.17, 15) is 9.59 Å². The fourth-order valence-corrected chi connectivity index (χ4v) is 1.61. The van der Waals surface area contributed by atoms with Crippen molar-refractivity contribution in [3.8, 4) is 0 Å². The minimum absolute atomic E-state index is 0.00286. The summed E-state index contributed by atoms with van der Waals surface area (Å²) in [6, 6.07) is 1.71. The monoisotopic (exact) mass is 254 g/mol. The van der Waals surface area contributed by atoms with Crippen LogP contribution in [0.5, 0.6) is 0 Å². The van der Waals surface area contributed by atoms with Crippen molar-refractivity contribution in [2.75, 3.05) is 18.8 Å². The van der Waals surface area contributed by atoms with Gasteiger partial charge in [0, 0.05) is 18.9 Å². The summed E-state index contributed by atoms with van der Waals surface area (Å²) in [5.74, 6) is -0.209. The fourth-order valence-electron chi connectivity index (χ4n) is 0.980. The Hall–Kier alpha value is -1.63. The van der Waals surface area contributed by atoms with Crippen LogP contribution >= 0.6 is 11.8 Å². The predicted molar refractivity (Wildman–Crippen MR) is 64.4 cm³/mol. The van der Waals surface area contributed by atoms with Crippen LogP contribution in [0.25, 0.3) is 0 Å². The lowest BCUT2D eigenvalue weighted by molar-refractivity contribution is -0.124. The first-order valence-corrected chi connectivity index (χ1v) is 6.14. The number of hydrogen-bond acceptors (Lipinski definition) is 5. The molecule has 17 heavy (non-hydrogen) atoms. The molecule has 0 aliphatic carbocycles. The van der Waals surface area contributed by atoms with E-state index in [-0.39, 0.29) is 24.1 Å². The molecular weight excluding hydrogens is 240 g/mol. The number of thioether (sulfide) groups is 1. The van der Waals surface area contributed by atoms with E-state index >= 15 is 0 Å². The Morgan fingerprint density at radius 2 is 1.94 bits per heavy atom. The molecular formula is C10H14N4O2S. The average molecular weight is 254 g/mol. The van der Waals surface area contributed by atoms with Crippen LogP contribution in [0.2, 0.25) is 0 Å². The molecule has 1 heterocycles. The molecule has 2 amide bonds. The Bertz CT molecular complexity index is 372. The molecule has 0 bridgehead atoms. The van der Waals surface area contributed by atoms with Crippen LogP contribution in [0.1, 0.15) is 6.92 Å². The van der Waals surface area contributed by atoms with Crippen molar-refractivity contribution in [1.82, 2.24) is 20.6 Å². The van der Waals surface area contributed by atoms with Gasteiger partial charge >= 0.3 is 0 Å². The summed E-state index contributed by atoms with van der Waals surface area (Å²) < 4.78 is 0. The molecule has 1 aromatic rings. The van der Waals surface area contributed by atoms with Gasteiger partial charge in [0.05, 0.1) is 12.3 Å². The largest absolute Gasteiger partial charge is 0.355 e. The summed E-state index contributed by atoms with van der Waals surface area (Å²) in [4.78, 5) is 30.4. The van der Waals surface area contributed by atoms with Gasteiger partial charge in [0.15, 0.2) is 5.16 Å². The van der Waals surface area contributed by atoms with E-state index in [2.05, 4.69) is 20.6 Å². The molecule has 7 heteroatoms. The lowest BCUT2D eigenvalue weighted by Gasteiger charge is -2.04. The molecule has 92 valence electrons. The number of nitrogens with one attached hydrogen (secondary N) is 2. The molecule has 6 nitrogen and oxygen atoms in total. The summed E-state index contributed by atoms with van der Waals surface area (Å²) in [6.45, 7) is 2.38. The van der Waals surface area contributed by atoms with Crippen LogP contribution in [-0.4, -0.2) is 40.6 Å². The number of carbonyl (C=O) groups is 2. The van der Waals surface area contributed by atoms with Gasteiger partial charge in [0.2, 0.25) is 11.8 Å². The van der Waals surface area contributed by atoms with Crippen LogP contribution < -0.4 is 10.6 Å². The molecule has 0 aliphatic rings. The number of amides is 2. The smallest absolute Gasteiger partial charge is 0.239 e. The van der Waals surface area contributed by atoms with Crippen molar-refractivity contribution >= 4 is 23.6 Å². The van der Waals surface area contributed by atoms with E-state index < -0.39 is 0 Å². The Kier molecular flexibility index (Phi) is 6.02. The third-order valence-corrected chi connectivity index (χ3v) is 2.57. The molecule has 0 aromatic carbocycles. The lowest BCUT2D eigenvalue weighted by atomic mass is 10.5. The summed E-state index contributed by atoms with van der Waals surface area (Å²) >= 11 is 1.23. The maximum absolute atomic E-state index is 11.4. The predicted octanol–water partition coefficient (Wildman–Crippen LogP) is -0.179. The van der Waals surface area contributed by atoms with Crippen LogP contribution in [0, 0.1) is 0 Å². The van der Waals surface area contributed by atoms with Gasteiger partial charge in [-0.1, -0.05) is 11.8 Å². The minimum atomic E-state index is -0.214. The Labute approximate surface area is 104 Å². The summed E-state index contributed by atoms with van der Waals surface area (Å²) in [5.41, 5.74) is 0. The third-order valence-electron chi connectivity index (χ3n) is 1.69. The van der Waals surface area contributed by atoms with Crippen LogP contribution in [0.3, 0.4) is 0 Å². The van der Waals surface area contributed by atoms with E-state index in [0.717, 1.165) is 0 Å². The first kappa shape index (κ1) is 13.4. The molecule has 0 saturated heterocycles. The molecule has 0 saturated carbocycles. The van der Waals surface area contributed by atoms with Crippen molar-refractivity contribution in [2.45, 2.75) is 12.1 Å². The topological polar surface area (TPSA) is 84.0 Å². The minimum Gasteiger partial charge on any atom is -0.355 e. The number of nitrogens with zero attached hydrogens (tertiary/aromatic N) is 2. The number of likely N-dealkylation sites (N-methyl/N-ethyl adjacent to an activating group) is 1. The SMILES string of the molecule is CCNC(=O)CNC(=O)CSc1ncccn1. The molecule has 0 aliphatic heterocycles. The molecule has 2 N–H and O–H groups in total. The molecule has 0 unspecified atom stereocenters. The lowest BCUT2D eigenvalue weighted by Crippen LogP contribution is -2.37.